The van der Waals surface area contributed by atoms with E-state index in [1.807, 2.05) is 0 Å². The van der Waals surface area contributed by atoms with Crippen LogP contribution < -0.4 is 0 Å². The zero-order valence-electron chi connectivity index (χ0n) is 6.61. The van der Waals surface area contributed by atoms with Crippen molar-refractivity contribution in [3.05, 3.63) is 19.3 Å². The topological polar surface area (TPSA) is 43.4 Å². The molecule has 0 rings (SSSR count). The van der Waals surface area contributed by atoms with Gasteiger partial charge in [-0.25, -0.2) is 0 Å². The van der Waals surface area contributed by atoms with Crippen molar-refractivity contribution >= 4 is 12.3 Å². The van der Waals surface area contributed by atoms with Crippen molar-refractivity contribution in [2.24, 2.45) is 0 Å². The first-order chi connectivity index (χ1) is 5.16. The molecule has 0 saturated heterocycles. The average molecular weight is 155 g/mol. The van der Waals surface area contributed by atoms with Crippen LogP contribution in [0.15, 0.2) is 0 Å². The monoisotopic (exact) mass is 155 g/mol. The van der Waals surface area contributed by atoms with Crippen LogP contribution in [0, 0.1) is 19.3 Å². The molecule has 0 unspecified atom stereocenters. The largest absolute Gasteiger partial charge is 0.465 e. The van der Waals surface area contributed by atoms with Crippen molar-refractivity contribution in [1.82, 2.24) is 0 Å². The number of ketones is 1. The van der Waals surface area contributed by atoms with Gasteiger partial charge in [0.1, 0.15) is 11.9 Å². The molecule has 0 heterocycles. The van der Waals surface area contributed by atoms with E-state index < -0.39 is 0 Å². The fourth-order valence-electron chi connectivity index (χ4n) is 0.481. The lowest BCUT2D eigenvalue weighted by Gasteiger charge is -2.06. The van der Waals surface area contributed by atoms with Crippen molar-refractivity contribution < 1.29 is 14.3 Å². The van der Waals surface area contributed by atoms with Gasteiger partial charge in [0.2, 0.25) is 0 Å². The molecule has 61 valence electrons. The van der Waals surface area contributed by atoms with Gasteiger partial charge in [0.15, 0.2) is 0 Å². The molecule has 3 radical (unpaired) electrons. The first kappa shape index (κ1) is 10.1. The number of carbonyl (C=O) groups is 2. The molecule has 3 heteroatoms. The van der Waals surface area contributed by atoms with E-state index in [0.717, 1.165) is 0 Å². The fourth-order valence-corrected chi connectivity index (χ4v) is 0.481. The highest BCUT2D eigenvalue weighted by molar-refractivity contribution is 5.86. The van der Waals surface area contributed by atoms with Gasteiger partial charge in [-0.05, 0) is 20.3 Å². The minimum Gasteiger partial charge on any atom is -0.465 e. The minimum atomic E-state index is -0.275. The van der Waals surface area contributed by atoms with Gasteiger partial charge >= 0.3 is 0 Å². The molecule has 0 aliphatic carbocycles. The van der Waals surface area contributed by atoms with Crippen LogP contribution in [-0.4, -0.2) is 18.4 Å². The summed E-state index contributed by atoms with van der Waals surface area (Å²) in [6, 6.07) is 0. The van der Waals surface area contributed by atoms with Crippen molar-refractivity contribution in [1.29, 1.82) is 0 Å². The van der Waals surface area contributed by atoms with Gasteiger partial charge in [-0.1, -0.05) is 0 Å². The van der Waals surface area contributed by atoms with Crippen molar-refractivity contribution in [3.8, 4) is 0 Å². The summed E-state index contributed by atoms with van der Waals surface area (Å²) >= 11 is 0. The van der Waals surface area contributed by atoms with Crippen LogP contribution >= 0.6 is 0 Å². The minimum absolute atomic E-state index is 0.0282. The summed E-state index contributed by atoms with van der Waals surface area (Å²) in [5.41, 5.74) is 0. The number of ether oxygens (including phenoxy) is 1. The maximum Gasteiger partial charge on any atom is 0.293 e. The molecule has 0 N–H and O–H groups in total. The number of hydrogen-bond donors (Lipinski definition) is 0. The van der Waals surface area contributed by atoms with E-state index in [2.05, 4.69) is 4.74 Å². The van der Waals surface area contributed by atoms with E-state index in [4.69, 9.17) is 0 Å². The van der Waals surface area contributed by atoms with Gasteiger partial charge in [0.25, 0.3) is 6.47 Å². The van der Waals surface area contributed by atoms with Gasteiger partial charge in [-0.2, -0.15) is 0 Å². The van der Waals surface area contributed by atoms with Gasteiger partial charge < -0.3 is 4.74 Å². The molecule has 0 amide bonds. The van der Waals surface area contributed by atoms with Crippen LogP contribution in [0.2, 0.25) is 0 Å². The molecule has 3 nitrogen and oxygen atoms in total. The van der Waals surface area contributed by atoms with E-state index in [-0.39, 0.29) is 11.9 Å². The number of rotatable bonds is 6. The fraction of sp³-hybridized carbons (Fsp3) is 0.375. The van der Waals surface area contributed by atoms with Gasteiger partial charge in [0.05, 0.1) is 0 Å². The molecule has 0 aliphatic rings. The molecule has 0 fully saturated rings. The third-order valence-electron chi connectivity index (χ3n) is 0.983. The SMILES string of the molecule is CC(=O)[CH][CH][CH][C@@H](C)OC=O. The van der Waals surface area contributed by atoms with Gasteiger partial charge in [-0.3, -0.25) is 9.59 Å². The second kappa shape index (κ2) is 5.89. The van der Waals surface area contributed by atoms with Crippen LogP contribution in [0.25, 0.3) is 0 Å². The highest BCUT2D eigenvalue weighted by atomic mass is 16.5. The van der Waals surface area contributed by atoms with E-state index in [1.54, 1.807) is 19.8 Å². The van der Waals surface area contributed by atoms with Crippen LogP contribution in [0.3, 0.4) is 0 Å². The Morgan fingerprint density at radius 2 is 2.18 bits per heavy atom. The number of hydrogen-bond acceptors (Lipinski definition) is 3. The van der Waals surface area contributed by atoms with Crippen molar-refractivity contribution in [2.45, 2.75) is 20.0 Å². The van der Waals surface area contributed by atoms with Gasteiger partial charge in [0, 0.05) is 12.8 Å². The molecule has 0 bridgehead atoms. The third-order valence-corrected chi connectivity index (χ3v) is 0.983. The number of Topliss-reactive ketones (excluding diaryl/α,β-unsaturated/α-hetero) is 1. The quantitative estimate of drug-likeness (QED) is 0.531. The zero-order valence-corrected chi connectivity index (χ0v) is 6.61. The molecule has 0 saturated carbocycles. The van der Waals surface area contributed by atoms with Crippen LogP contribution in [0.1, 0.15) is 13.8 Å². The van der Waals surface area contributed by atoms with E-state index in [1.165, 1.54) is 13.3 Å². The normalized spacial score (nSPS) is 12.2. The summed E-state index contributed by atoms with van der Waals surface area (Å²) in [6.45, 7) is 3.54. The second-order valence-electron chi connectivity index (χ2n) is 2.10. The summed E-state index contributed by atoms with van der Waals surface area (Å²) < 4.78 is 4.52. The van der Waals surface area contributed by atoms with Crippen molar-refractivity contribution in [2.75, 3.05) is 0 Å². The molecule has 11 heavy (non-hydrogen) atoms. The Kier molecular flexibility index (Phi) is 5.43. The first-order valence-electron chi connectivity index (χ1n) is 3.28. The second-order valence-corrected chi connectivity index (χ2v) is 2.10. The number of carbonyl (C=O) groups excluding carboxylic acids is 2. The predicted octanol–water partition coefficient (Wildman–Crippen LogP) is 0.750. The van der Waals surface area contributed by atoms with Crippen LogP contribution in [0.4, 0.5) is 0 Å². The highest BCUT2D eigenvalue weighted by Gasteiger charge is 2.02. The van der Waals surface area contributed by atoms with Crippen LogP contribution in [0.5, 0.6) is 0 Å². The molecule has 0 spiro atoms. The Balaban J connectivity index is 3.23. The van der Waals surface area contributed by atoms with Gasteiger partial charge in [-0.15, -0.1) is 0 Å². The lowest BCUT2D eigenvalue weighted by molar-refractivity contribution is -0.131. The predicted molar refractivity (Wildman–Crippen MR) is 40.2 cm³/mol. The summed E-state index contributed by atoms with van der Waals surface area (Å²) in [4.78, 5) is 20.1. The zero-order chi connectivity index (χ0) is 8.69. The summed E-state index contributed by atoms with van der Waals surface area (Å²) in [5.74, 6) is -0.0282. The standard InChI is InChI=1S/C8H11O3/c1-7(10)4-3-5-8(2)11-6-9/h3-6,8H,1-2H3/t8-/m1/s1. The van der Waals surface area contributed by atoms with Crippen molar-refractivity contribution in [3.63, 3.8) is 0 Å². The molecule has 0 aromatic carbocycles. The lowest BCUT2D eigenvalue weighted by atomic mass is 10.1. The summed E-state index contributed by atoms with van der Waals surface area (Å²) in [5, 5.41) is 0. The highest BCUT2D eigenvalue weighted by Crippen LogP contribution is 1.99. The molecule has 1 atom stereocenters. The Bertz CT molecular complexity index is 131. The van der Waals surface area contributed by atoms with E-state index >= 15 is 0 Å². The Labute approximate surface area is 66.7 Å². The lowest BCUT2D eigenvalue weighted by Crippen LogP contribution is -2.08. The van der Waals surface area contributed by atoms with E-state index in [9.17, 15) is 9.59 Å². The molecule has 0 aliphatic heterocycles. The Hall–Kier alpha value is -0.860. The Morgan fingerprint density at radius 1 is 1.55 bits per heavy atom. The maximum atomic E-state index is 10.4. The molecule has 0 aromatic heterocycles. The molecular weight excluding hydrogens is 144 g/mol. The summed E-state index contributed by atoms with van der Waals surface area (Å²) in [6.07, 6.45) is 4.32. The van der Waals surface area contributed by atoms with Crippen LogP contribution in [-0.2, 0) is 14.3 Å². The average Bonchev–Trinajstić information content (AvgIpc) is 1.87. The maximum absolute atomic E-state index is 10.4. The Morgan fingerprint density at radius 3 is 2.64 bits per heavy atom. The molecule has 0 aromatic rings. The van der Waals surface area contributed by atoms with E-state index in [0.29, 0.717) is 6.47 Å². The molecular formula is C8H11O3. The third kappa shape index (κ3) is 7.03. The summed E-state index contributed by atoms with van der Waals surface area (Å²) in [7, 11) is 0. The smallest absolute Gasteiger partial charge is 0.293 e. The first-order valence-corrected chi connectivity index (χ1v) is 3.28.